The van der Waals surface area contributed by atoms with Crippen molar-refractivity contribution >= 4 is 23.4 Å². The fourth-order valence-electron chi connectivity index (χ4n) is 2.35. The molecule has 1 aliphatic heterocycles. The lowest BCUT2D eigenvalue weighted by molar-refractivity contribution is 0.178. The number of carbonyl (C=O) groups is 1. The standard InChI is InChI=1S/C13H17ClN2O2/c1-8-5-9(2)12(11(14)6-8)16-10(3-4-15)7-18-13(16)17/h5-6,10H,3-4,7,15H2,1-2H3. The molecule has 1 fully saturated rings. The van der Waals surface area contributed by atoms with E-state index in [0.717, 1.165) is 16.8 Å². The molecule has 1 atom stereocenters. The molecule has 0 saturated carbocycles. The van der Waals surface area contributed by atoms with Crippen LogP contribution in [0.15, 0.2) is 12.1 Å². The van der Waals surface area contributed by atoms with Gasteiger partial charge in [-0.15, -0.1) is 0 Å². The van der Waals surface area contributed by atoms with Crippen LogP contribution < -0.4 is 10.6 Å². The molecule has 2 N–H and O–H groups in total. The summed E-state index contributed by atoms with van der Waals surface area (Å²) in [7, 11) is 0. The topological polar surface area (TPSA) is 55.6 Å². The molecule has 0 aromatic heterocycles. The number of nitrogens with two attached hydrogens (primary N) is 1. The van der Waals surface area contributed by atoms with Gasteiger partial charge >= 0.3 is 6.09 Å². The number of benzene rings is 1. The Kier molecular flexibility index (Phi) is 3.78. The SMILES string of the molecule is Cc1cc(C)c(N2C(=O)OCC2CCN)c(Cl)c1. The highest BCUT2D eigenvalue weighted by molar-refractivity contribution is 6.34. The Bertz CT molecular complexity index is 453. The van der Waals surface area contributed by atoms with Crippen LogP contribution in [0, 0.1) is 13.8 Å². The summed E-state index contributed by atoms with van der Waals surface area (Å²) in [5, 5.41) is 0.577. The zero-order valence-corrected chi connectivity index (χ0v) is 11.3. The van der Waals surface area contributed by atoms with Gasteiger partial charge in [0.15, 0.2) is 0 Å². The highest BCUT2D eigenvalue weighted by atomic mass is 35.5. The van der Waals surface area contributed by atoms with Gasteiger partial charge in [0.05, 0.1) is 16.8 Å². The summed E-state index contributed by atoms with van der Waals surface area (Å²) in [5.74, 6) is 0. The Labute approximate surface area is 112 Å². The van der Waals surface area contributed by atoms with Gasteiger partial charge in [0.1, 0.15) is 6.61 Å². The van der Waals surface area contributed by atoms with Crippen molar-refractivity contribution in [3.63, 3.8) is 0 Å². The maximum atomic E-state index is 11.9. The molecule has 1 aromatic rings. The van der Waals surface area contributed by atoms with Crippen LogP contribution in [-0.4, -0.2) is 25.3 Å². The van der Waals surface area contributed by atoms with Crippen LogP contribution in [0.4, 0.5) is 10.5 Å². The first-order valence-corrected chi connectivity index (χ1v) is 6.35. The number of anilines is 1. The maximum Gasteiger partial charge on any atom is 0.414 e. The number of hydrogen-bond donors (Lipinski definition) is 1. The van der Waals surface area contributed by atoms with E-state index in [4.69, 9.17) is 22.1 Å². The van der Waals surface area contributed by atoms with E-state index in [1.165, 1.54) is 0 Å². The van der Waals surface area contributed by atoms with Crippen LogP contribution in [-0.2, 0) is 4.74 Å². The average molecular weight is 269 g/mol. The minimum atomic E-state index is -0.345. The second-order valence-electron chi connectivity index (χ2n) is 4.59. The van der Waals surface area contributed by atoms with Crippen molar-refractivity contribution in [3.8, 4) is 0 Å². The van der Waals surface area contributed by atoms with Crippen molar-refractivity contribution in [2.24, 2.45) is 5.73 Å². The van der Waals surface area contributed by atoms with Gasteiger partial charge in [-0.05, 0) is 44.0 Å². The predicted molar refractivity (Wildman–Crippen MR) is 72.2 cm³/mol. The third-order valence-electron chi connectivity index (χ3n) is 3.10. The van der Waals surface area contributed by atoms with Crippen LogP contribution in [0.2, 0.25) is 5.02 Å². The summed E-state index contributed by atoms with van der Waals surface area (Å²) in [4.78, 5) is 13.5. The van der Waals surface area contributed by atoms with Gasteiger partial charge in [-0.3, -0.25) is 4.90 Å². The van der Waals surface area contributed by atoms with Crippen molar-refractivity contribution in [3.05, 3.63) is 28.3 Å². The minimum absolute atomic E-state index is 0.0265. The fraction of sp³-hybridized carbons (Fsp3) is 0.462. The van der Waals surface area contributed by atoms with E-state index >= 15 is 0 Å². The smallest absolute Gasteiger partial charge is 0.414 e. The highest BCUT2D eigenvalue weighted by Gasteiger charge is 2.35. The van der Waals surface area contributed by atoms with E-state index in [1.54, 1.807) is 4.90 Å². The highest BCUT2D eigenvalue weighted by Crippen LogP contribution is 2.35. The summed E-state index contributed by atoms with van der Waals surface area (Å²) in [6, 6.07) is 3.84. The number of carbonyl (C=O) groups excluding carboxylic acids is 1. The van der Waals surface area contributed by atoms with Crippen LogP contribution in [0.5, 0.6) is 0 Å². The van der Waals surface area contributed by atoms with E-state index in [-0.39, 0.29) is 12.1 Å². The first-order chi connectivity index (χ1) is 8.54. The molecule has 1 heterocycles. The Morgan fingerprint density at radius 3 is 2.83 bits per heavy atom. The van der Waals surface area contributed by atoms with E-state index in [9.17, 15) is 4.79 Å². The van der Waals surface area contributed by atoms with Gasteiger partial charge in [-0.25, -0.2) is 4.79 Å². The fourth-order valence-corrected chi connectivity index (χ4v) is 2.76. The molecule has 1 saturated heterocycles. The number of nitrogens with zero attached hydrogens (tertiary/aromatic N) is 1. The minimum Gasteiger partial charge on any atom is -0.447 e. The summed E-state index contributed by atoms with van der Waals surface area (Å²) < 4.78 is 5.10. The van der Waals surface area contributed by atoms with Crippen molar-refractivity contribution in [2.45, 2.75) is 26.3 Å². The molecule has 1 aromatic carbocycles. The summed E-state index contributed by atoms with van der Waals surface area (Å²) >= 11 is 6.26. The third-order valence-corrected chi connectivity index (χ3v) is 3.39. The Hall–Kier alpha value is -1.26. The molecule has 5 heteroatoms. The Balaban J connectivity index is 2.43. The molecule has 0 aliphatic carbocycles. The second-order valence-corrected chi connectivity index (χ2v) is 5.00. The zero-order valence-electron chi connectivity index (χ0n) is 10.6. The van der Waals surface area contributed by atoms with Crippen molar-refractivity contribution in [2.75, 3.05) is 18.1 Å². The molecule has 0 bridgehead atoms. The lowest BCUT2D eigenvalue weighted by Gasteiger charge is -2.24. The van der Waals surface area contributed by atoms with Gasteiger partial charge < -0.3 is 10.5 Å². The molecule has 98 valence electrons. The monoisotopic (exact) mass is 268 g/mol. The van der Waals surface area contributed by atoms with E-state index < -0.39 is 0 Å². The molecule has 1 unspecified atom stereocenters. The number of hydrogen-bond acceptors (Lipinski definition) is 3. The number of aryl methyl sites for hydroxylation is 2. The van der Waals surface area contributed by atoms with Crippen molar-refractivity contribution in [1.29, 1.82) is 0 Å². The Morgan fingerprint density at radius 1 is 1.50 bits per heavy atom. The van der Waals surface area contributed by atoms with Crippen molar-refractivity contribution in [1.82, 2.24) is 0 Å². The molecule has 2 rings (SSSR count). The molecule has 0 radical (unpaired) electrons. The summed E-state index contributed by atoms with van der Waals surface area (Å²) in [6.45, 7) is 4.81. The zero-order chi connectivity index (χ0) is 13.3. The molecular formula is C13H17ClN2O2. The van der Waals surface area contributed by atoms with Crippen molar-refractivity contribution < 1.29 is 9.53 Å². The molecule has 0 spiro atoms. The van der Waals surface area contributed by atoms with E-state index in [2.05, 4.69) is 0 Å². The first-order valence-electron chi connectivity index (χ1n) is 5.97. The van der Waals surface area contributed by atoms with Gasteiger partial charge in [0.25, 0.3) is 0 Å². The van der Waals surface area contributed by atoms with Crippen LogP contribution in [0.1, 0.15) is 17.5 Å². The third kappa shape index (κ3) is 2.31. The normalized spacial score (nSPS) is 19.2. The average Bonchev–Trinajstić information content (AvgIpc) is 2.61. The molecule has 1 aliphatic rings. The lowest BCUT2D eigenvalue weighted by atomic mass is 10.1. The summed E-state index contributed by atoms with van der Waals surface area (Å²) in [6.07, 6.45) is 0.359. The predicted octanol–water partition coefficient (Wildman–Crippen LogP) is 2.63. The van der Waals surface area contributed by atoms with Gasteiger partial charge in [-0.1, -0.05) is 17.7 Å². The molecule has 18 heavy (non-hydrogen) atoms. The largest absolute Gasteiger partial charge is 0.447 e. The molecule has 4 nitrogen and oxygen atoms in total. The number of amides is 1. The van der Waals surface area contributed by atoms with Gasteiger partial charge in [0.2, 0.25) is 0 Å². The number of ether oxygens (including phenoxy) is 1. The quantitative estimate of drug-likeness (QED) is 0.917. The number of halogens is 1. The maximum absolute atomic E-state index is 11.9. The van der Waals surface area contributed by atoms with E-state index in [1.807, 2.05) is 26.0 Å². The lowest BCUT2D eigenvalue weighted by Crippen LogP contribution is -2.35. The molecule has 1 amide bonds. The van der Waals surface area contributed by atoms with Crippen LogP contribution >= 0.6 is 11.6 Å². The molecular weight excluding hydrogens is 252 g/mol. The van der Waals surface area contributed by atoms with Gasteiger partial charge in [0, 0.05) is 0 Å². The van der Waals surface area contributed by atoms with Crippen LogP contribution in [0.3, 0.4) is 0 Å². The summed E-state index contributed by atoms with van der Waals surface area (Å²) in [5.41, 5.74) is 8.35. The van der Waals surface area contributed by atoms with E-state index in [0.29, 0.717) is 24.6 Å². The number of rotatable bonds is 3. The second kappa shape index (κ2) is 5.16. The van der Waals surface area contributed by atoms with Crippen LogP contribution in [0.25, 0.3) is 0 Å². The van der Waals surface area contributed by atoms with Gasteiger partial charge in [-0.2, -0.15) is 0 Å². The Morgan fingerprint density at radius 2 is 2.22 bits per heavy atom. The first kappa shape index (κ1) is 13.2. The number of cyclic esters (lactones) is 1.